The second kappa shape index (κ2) is 8.65. The summed E-state index contributed by atoms with van der Waals surface area (Å²) < 4.78 is 25.9. The highest BCUT2D eigenvalue weighted by Gasteiger charge is 2.35. The van der Waals surface area contributed by atoms with Gasteiger partial charge in [0.1, 0.15) is 0 Å². The van der Waals surface area contributed by atoms with E-state index in [-0.39, 0.29) is 50.6 Å². The van der Waals surface area contributed by atoms with Crippen LogP contribution in [0.4, 0.5) is 0 Å². The Morgan fingerprint density at radius 2 is 1.86 bits per heavy atom. The minimum absolute atomic E-state index is 0. The van der Waals surface area contributed by atoms with Crippen LogP contribution in [-0.4, -0.2) is 39.7 Å². The Bertz CT molecular complexity index is 1050. The van der Waals surface area contributed by atoms with Crippen molar-refractivity contribution in [3.8, 4) is 0 Å². The summed E-state index contributed by atoms with van der Waals surface area (Å²) >= 11 is 0. The predicted molar refractivity (Wildman–Crippen MR) is 112 cm³/mol. The first kappa shape index (κ1) is 21.5. The number of halogens is 1. The van der Waals surface area contributed by atoms with Crippen LogP contribution in [0.5, 0.6) is 0 Å². The molecule has 0 aliphatic carbocycles. The van der Waals surface area contributed by atoms with Gasteiger partial charge in [0.2, 0.25) is 9.84 Å². The molecule has 154 valence electrons. The molecule has 0 saturated carbocycles. The van der Waals surface area contributed by atoms with Crippen molar-refractivity contribution in [2.75, 3.05) is 19.6 Å². The highest BCUT2D eigenvalue weighted by molar-refractivity contribution is 7.91. The zero-order valence-corrected chi connectivity index (χ0v) is 17.4. The summed E-state index contributed by atoms with van der Waals surface area (Å²) in [6.45, 7) is 2.56. The summed E-state index contributed by atoms with van der Waals surface area (Å²) in [4.78, 5) is 25.1. The van der Waals surface area contributed by atoms with E-state index in [1.54, 1.807) is 12.1 Å². The van der Waals surface area contributed by atoms with E-state index in [1.165, 1.54) is 30.3 Å². The Kier molecular flexibility index (Phi) is 6.41. The fraction of sp³-hybridized carbons (Fsp3) is 0.333. The second-order valence-corrected chi connectivity index (χ2v) is 9.18. The van der Waals surface area contributed by atoms with Gasteiger partial charge in [-0.1, -0.05) is 12.1 Å². The molecule has 1 unspecified atom stereocenters. The first-order valence-corrected chi connectivity index (χ1v) is 11.0. The third-order valence-electron chi connectivity index (χ3n) is 5.44. The quantitative estimate of drug-likeness (QED) is 0.658. The molecule has 2 N–H and O–H groups in total. The Morgan fingerprint density at radius 3 is 2.62 bits per heavy atom. The molecule has 4 rings (SSSR count). The smallest absolute Gasteiger partial charge is 0.251 e. The topological polar surface area (TPSA) is 92.3 Å². The highest BCUT2D eigenvalue weighted by atomic mass is 35.5. The van der Waals surface area contributed by atoms with Crippen molar-refractivity contribution in [3.63, 3.8) is 0 Å². The van der Waals surface area contributed by atoms with E-state index in [9.17, 15) is 18.0 Å². The Hall–Kier alpha value is -2.22. The van der Waals surface area contributed by atoms with Gasteiger partial charge in [0, 0.05) is 23.2 Å². The molecule has 1 amide bonds. The monoisotopic (exact) mass is 434 g/mol. The standard InChI is InChI=1S/C21H22N2O4S.ClH/c24-20-16-5-1-2-6-18(16)28(26,27)19-12-15(7-8-17(19)20)21(25)23-11-9-14-4-3-10-22-13-14;/h1-2,5-8,12,14,22H,3-4,9-11,13H2,(H,23,25);1H. The number of piperidine rings is 1. The summed E-state index contributed by atoms with van der Waals surface area (Å²) in [7, 11) is -3.84. The van der Waals surface area contributed by atoms with Gasteiger partial charge in [0.05, 0.1) is 9.79 Å². The molecule has 2 aliphatic rings. The largest absolute Gasteiger partial charge is 0.352 e. The minimum Gasteiger partial charge on any atom is -0.352 e. The van der Waals surface area contributed by atoms with E-state index in [0.717, 1.165) is 32.4 Å². The van der Waals surface area contributed by atoms with Gasteiger partial charge in [0.25, 0.3) is 5.91 Å². The summed E-state index contributed by atoms with van der Waals surface area (Å²) in [5.41, 5.74) is 0.535. The van der Waals surface area contributed by atoms with Crippen LogP contribution < -0.4 is 10.6 Å². The van der Waals surface area contributed by atoms with Crippen LogP contribution in [0.2, 0.25) is 0 Å². The maximum absolute atomic E-state index is 12.9. The van der Waals surface area contributed by atoms with Crippen molar-refractivity contribution in [2.45, 2.75) is 29.1 Å². The molecule has 1 atom stereocenters. The van der Waals surface area contributed by atoms with Crippen LogP contribution in [0.25, 0.3) is 0 Å². The van der Waals surface area contributed by atoms with E-state index < -0.39 is 9.84 Å². The molecule has 2 aromatic rings. The highest BCUT2D eigenvalue weighted by Crippen LogP contribution is 2.34. The Morgan fingerprint density at radius 1 is 1.10 bits per heavy atom. The number of carbonyl (C=O) groups is 2. The van der Waals surface area contributed by atoms with Gasteiger partial charge < -0.3 is 10.6 Å². The molecule has 8 heteroatoms. The summed E-state index contributed by atoms with van der Waals surface area (Å²) in [6, 6.07) is 10.4. The van der Waals surface area contributed by atoms with Crippen molar-refractivity contribution in [1.82, 2.24) is 10.6 Å². The van der Waals surface area contributed by atoms with Gasteiger partial charge in [-0.2, -0.15) is 0 Å². The normalized spacial score (nSPS) is 19.4. The second-order valence-electron chi connectivity index (χ2n) is 7.30. The lowest BCUT2D eigenvalue weighted by Gasteiger charge is -2.22. The van der Waals surface area contributed by atoms with Crippen LogP contribution in [0.3, 0.4) is 0 Å². The molecule has 2 aromatic carbocycles. The number of hydrogen-bond acceptors (Lipinski definition) is 5. The molecule has 0 radical (unpaired) electrons. The molecule has 2 aliphatic heterocycles. The number of rotatable bonds is 4. The zero-order valence-electron chi connectivity index (χ0n) is 15.8. The minimum atomic E-state index is -3.84. The number of fused-ring (bicyclic) bond motifs is 2. The van der Waals surface area contributed by atoms with E-state index in [4.69, 9.17) is 0 Å². The Balaban J connectivity index is 0.00000240. The van der Waals surface area contributed by atoms with Crippen molar-refractivity contribution in [1.29, 1.82) is 0 Å². The molecular weight excluding hydrogens is 412 g/mol. The number of carbonyl (C=O) groups excluding carboxylic acids is 2. The van der Waals surface area contributed by atoms with Gasteiger partial charge >= 0.3 is 0 Å². The Labute approximate surface area is 176 Å². The van der Waals surface area contributed by atoms with Gasteiger partial charge in [-0.3, -0.25) is 9.59 Å². The summed E-state index contributed by atoms with van der Waals surface area (Å²) in [6.07, 6.45) is 3.19. The number of nitrogens with one attached hydrogen (secondary N) is 2. The first-order chi connectivity index (χ1) is 13.5. The zero-order chi connectivity index (χ0) is 19.7. The molecule has 2 heterocycles. The molecule has 6 nitrogen and oxygen atoms in total. The molecular formula is C21H23ClN2O4S. The van der Waals surface area contributed by atoms with Crippen LogP contribution in [0.15, 0.2) is 52.3 Å². The summed E-state index contributed by atoms with van der Waals surface area (Å²) in [5.74, 6) is -0.114. The molecule has 29 heavy (non-hydrogen) atoms. The predicted octanol–water partition coefficient (Wildman–Crippen LogP) is 2.61. The lowest BCUT2D eigenvalue weighted by atomic mass is 9.96. The number of benzene rings is 2. The van der Waals surface area contributed by atoms with Gasteiger partial charge in [0.15, 0.2) is 5.78 Å². The van der Waals surface area contributed by atoms with E-state index in [0.29, 0.717) is 12.5 Å². The lowest BCUT2D eigenvalue weighted by molar-refractivity contribution is 0.0948. The maximum Gasteiger partial charge on any atom is 0.251 e. The van der Waals surface area contributed by atoms with Crippen LogP contribution in [0.1, 0.15) is 45.5 Å². The number of sulfone groups is 1. The summed E-state index contributed by atoms with van der Waals surface area (Å²) in [5, 5.41) is 6.21. The van der Waals surface area contributed by atoms with Crippen LogP contribution >= 0.6 is 12.4 Å². The number of hydrogen-bond donors (Lipinski definition) is 2. The fourth-order valence-corrected chi connectivity index (χ4v) is 5.57. The molecule has 0 bridgehead atoms. The number of amides is 1. The van der Waals surface area contributed by atoms with Gasteiger partial charge in [-0.05, 0) is 68.6 Å². The van der Waals surface area contributed by atoms with E-state index in [1.807, 2.05) is 0 Å². The van der Waals surface area contributed by atoms with Crippen molar-refractivity contribution < 1.29 is 18.0 Å². The van der Waals surface area contributed by atoms with Gasteiger partial charge in [-0.25, -0.2) is 8.42 Å². The average Bonchev–Trinajstić information content (AvgIpc) is 2.73. The molecule has 1 fully saturated rings. The van der Waals surface area contributed by atoms with Crippen molar-refractivity contribution in [2.24, 2.45) is 5.92 Å². The molecule has 0 spiro atoms. The third-order valence-corrected chi connectivity index (χ3v) is 7.29. The van der Waals surface area contributed by atoms with E-state index in [2.05, 4.69) is 10.6 Å². The third kappa shape index (κ3) is 4.08. The average molecular weight is 435 g/mol. The lowest BCUT2D eigenvalue weighted by Crippen LogP contribution is -2.33. The van der Waals surface area contributed by atoms with Crippen molar-refractivity contribution in [3.05, 3.63) is 59.2 Å². The van der Waals surface area contributed by atoms with Gasteiger partial charge in [-0.15, -0.1) is 12.4 Å². The van der Waals surface area contributed by atoms with E-state index >= 15 is 0 Å². The van der Waals surface area contributed by atoms with Crippen LogP contribution in [-0.2, 0) is 9.84 Å². The van der Waals surface area contributed by atoms with Crippen molar-refractivity contribution >= 4 is 33.9 Å². The number of ketones is 1. The molecule has 1 saturated heterocycles. The molecule has 0 aromatic heterocycles. The maximum atomic E-state index is 12.9. The first-order valence-electron chi connectivity index (χ1n) is 9.50. The fourth-order valence-electron chi connectivity index (χ4n) is 3.89. The SMILES string of the molecule is Cl.O=C(NCCC1CCCNC1)c1ccc2c(c1)S(=O)(=O)c1ccccc1C2=O. The van der Waals surface area contributed by atoms with Crippen LogP contribution in [0, 0.1) is 5.92 Å².